The van der Waals surface area contributed by atoms with Crippen LogP contribution in [0.5, 0.6) is 11.5 Å². The molecule has 1 heterocycles. The van der Waals surface area contributed by atoms with Crippen molar-refractivity contribution in [1.29, 1.82) is 0 Å². The van der Waals surface area contributed by atoms with Crippen LogP contribution in [-0.2, 0) is 14.3 Å². The van der Waals surface area contributed by atoms with E-state index in [1.165, 1.54) is 11.0 Å². The minimum absolute atomic E-state index is 0.0495. The first-order chi connectivity index (χ1) is 15.0. The van der Waals surface area contributed by atoms with Crippen molar-refractivity contribution in [2.75, 3.05) is 33.0 Å². The van der Waals surface area contributed by atoms with E-state index in [0.717, 1.165) is 0 Å². The number of Topliss-reactive ketones (excluding diaryl/α,β-unsaturated/α-hetero) is 1. The van der Waals surface area contributed by atoms with Crippen LogP contribution in [-0.4, -0.2) is 64.9 Å². The number of ketones is 1. The molecule has 164 valence electrons. The highest BCUT2D eigenvalue weighted by Gasteiger charge is 2.46. The van der Waals surface area contributed by atoms with Gasteiger partial charge in [0.05, 0.1) is 38.0 Å². The summed E-state index contributed by atoms with van der Waals surface area (Å²) in [4.78, 5) is 27.0. The molecule has 0 bridgehead atoms. The van der Waals surface area contributed by atoms with Crippen LogP contribution in [0.3, 0.4) is 0 Å². The molecule has 3 N–H and O–H groups in total. The van der Waals surface area contributed by atoms with Gasteiger partial charge in [-0.05, 0) is 24.6 Å². The third kappa shape index (κ3) is 4.70. The van der Waals surface area contributed by atoms with Gasteiger partial charge in [-0.2, -0.15) is 0 Å². The summed E-state index contributed by atoms with van der Waals surface area (Å²) in [5.74, 6) is -1.71. The Balaban J connectivity index is 2.09. The van der Waals surface area contributed by atoms with E-state index in [0.29, 0.717) is 17.7 Å². The van der Waals surface area contributed by atoms with Crippen molar-refractivity contribution in [3.05, 3.63) is 65.2 Å². The third-order valence-corrected chi connectivity index (χ3v) is 4.90. The second-order valence-corrected chi connectivity index (χ2v) is 6.85. The smallest absolute Gasteiger partial charge is 0.295 e. The molecule has 1 saturated heterocycles. The van der Waals surface area contributed by atoms with Crippen LogP contribution in [0.2, 0.25) is 0 Å². The maximum absolute atomic E-state index is 12.9. The fourth-order valence-corrected chi connectivity index (χ4v) is 3.51. The number of carbonyl (C=O) groups excluding carboxylic acids is 2. The number of phenolic OH excluding ortho intramolecular Hbond substituents is 1. The van der Waals surface area contributed by atoms with Gasteiger partial charge >= 0.3 is 0 Å². The van der Waals surface area contributed by atoms with Gasteiger partial charge in [-0.1, -0.05) is 36.4 Å². The molecule has 0 radical (unpaired) electrons. The number of amides is 1. The maximum Gasteiger partial charge on any atom is 0.295 e. The fourth-order valence-electron chi connectivity index (χ4n) is 3.51. The molecule has 1 fully saturated rings. The number of aromatic hydroxyl groups is 1. The largest absolute Gasteiger partial charge is 0.507 e. The molecule has 0 saturated carbocycles. The summed E-state index contributed by atoms with van der Waals surface area (Å²) in [5, 5.41) is 29.9. The van der Waals surface area contributed by atoms with Gasteiger partial charge in [-0.15, -0.1) is 0 Å². The lowest BCUT2D eigenvalue weighted by molar-refractivity contribution is -0.140. The summed E-state index contributed by atoms with van der Waals surface area (Å²) in [6.45, 7) is 2.21. The molecule has 8 heteroatoms. The van der Waals surface area contributed by atoms with Crippen molar-refractivity contribution in [2.24, 2.45) is 0 Å². The topological polar surface area (TPSA) is 117 Å². The summed E-state index contributed by atoms with van der Waals surface area (Å²) in [5.41, 5.74) is 0.859. The molecule has 1 amide bonds. The highest BCUT2D eigenvalue weighted by atomic mass is 16.5. The minimum Gasteiger partial charge on any atom is -0.507 e. The van der Waals surface area contributed by atoms with E-state index >= 15 is 0 Å². The predicted octanol–water partition coefficient (Wildman–Crippen LogP) is 2.22. The number of hydrogen-bond acceptors (Lipinski definition) is 7. The van der Waals surface area contributed by atoms with Gasteiger partial charge in [-0.25, -0.2) is 0 Å². The van der Waals surface area contributed by atoms with Crippen LogP contribution >= 0.6 is 0 Å². The molecular formula is C23H25NO7. The Labute approximate surface area is 180 Å². The summed E-state index contributed by atoms with van der Waals surface area (Å²) in [6, 6.07) is 12.2. The number of likely N-dealkylation sites (tertiary alicyclic amines) is 1. The average Bonchev–Trinajstić information content (AvgIpc) is 3.03. The number of nitrogens with zero attached hydrogens (tertiary/aromatic N) is 1. The van der Waals surface area contributed by atoms with E-state index in [1.807, 2.05) is 0 Å². The van der Waals surface area contributed by atoms with E-state index in [-0.39, 0.29) is 49.2 Å². The normalized spacial score (nSPS) is 17.9. The highest BCUT2D eigenvalue weighted by molar-refractivity contribution is 6.46. The lowest BCUT2D eigenvalue weighted by Crippen LogP contribution is -2.33. The number of aliphatic hydroxyl groups is 2. The van der Waals surface area contributed by atoms with Crippen LogP contribution in [0.25, 0.3) is 5.76 Å². The third-order valence-electron chi connectivity index (χ3n) is 4.90. The Morgan fingerprint density at radius 3 is 2.52 bits per heavy atom. The molecule has 1 aliphatic heterocycles. The van der Waals surface area contributed by atoms with Crippen LogP contribution in [0.4, 0.5) is 0 Å². The zero-order valence-electron chi connectivity index (χ0n) is 17.2. The zero-order valence-corrected chi connectivity index (χ0v) is 17.2. The average molecular weight is 427 g/mol. The van der Waals surface area contributed by atoms with Crippen LogP contribution in [0.15, 0.2) is 54.1 Å². The summed E-state index contributed by atoms with van der Waals surface area (Å²) in [7, 11) is 0. The lowest BCUT2D eigenvalue weighted by atomic mass is 9.95. The quantitative estimate of drug-likeness (QED) is 0.243. The van der Waals surface area contributed by atoms with E-state index in [1.54, 1.807) is 49.4 Å². The molecule has 0 aromatic heterocycles. The first-order valence-electron chi connectivity index (χ1n) is 9.97. The van der Waals surface area contributed by atoms with Gasteiger partial charge in [-0.3, -0.25) is 9.59 Å². The van der Waals surface area contributed by atoms with Crippen molar-refractivity contribution < 1.29 is 34.4 Å². The lowest BCUT2D eigenvalue weighted by Gasteiger charge is -2.25. The van der Waals surface area contributed by atoms with Crippen LogP contribution in [0, 0.1) is 0 Å². The molecule has 1 unspecified atom stereocenters. The van der Waals surface area contributed by atoms with Gasteiger partial charge in [0.1, 0.15) is 5.76 Å². The highest BCUT2D eigenvalue weighted by Crippen LogP contribution is 2.41. The van der Waals surface area contributed by atoms with Gasteiger partial charge in [0, 0.05) is 12.1 Å². The van der Waals surface area contributed by atoms with Gasteiger partial charge in [0.25, 0.3) is 11.7 Å². The SMILES string of the molecule is CCOc1cc(C2/C(=C(\O)c3ccccc3)C(=O)C(=O)N2CCOCCO)ccc1O. The number of phenols is 1. The molecule has 2 aromatic rings. The fraction of sp³-hybridized carbons (Fsp3) is 0.304. The standard InChI is InChI=1S/C23H25NO7/c1-2-31-18-14-16(8-9-17(18)26)20-19(21(27)15-6-4-3-5-7-15)22(28)23(29)24(20)10-12-30-13-11-25/h3-9,14,20,25-27H,2,10-13H2,1H3/b21-19+. The van der Waals surface area contributed by atoms with Crippen molar-refractivity contribution in [1.82, 2.24) is 4.90 Å². The van der Waals surface area contributed by atoms with Crippen molar-refractivity contribution in [3.63, 3.8) is 0 Å². The van der Waals surface area contributed by atoms with E-state index in [9.17, 15) is 19.8 Å². The number of aliphatic hydroxyl groups excluding tert-OH is 2. The Hall–Kier alpha value is -3.36. The monoisotopic (exact) mass is 427 g/mol. The molecule has 3 rings (SSSR count). The Kier molecular flexibility index (Phi) is 7.28. The van der Waals surface area contributed by atoms with E-state index < -0.39 is 17.7 Å². The second-order valence-electron chi connectivity index (χ2n) is 6.85. The van der Waals surface area contributed by atoms with Gasteiger partial charge < -0.3 is 29.7 Å². The molecule has 31 heavy (non-hydrogen) atoms. The number of ether oxygens (including phenoxy) is 2. The molecule has 8 nitrogen and oxygen atoms in total. The van der Waals surface area contributed by atoms with Crippen molar-refractivity contribution in [2.45, 2.75) is 13.0 Å². The van der Waals surface area contributed by atoms with Crippen LogP contribution in [0.1, 0.15) is 24.1 Å². The predicted molar refractivity (Wildman–Crippen MR) is 113 cm³/mol. The summed E-state index contributed by atoms with van der Waals surface area (Å²) >= 11 is 0. The van der Waals surface area contributed by atoms with Gasteiger partial charge in [0.15, 0.2) is 11.5 Å². The number of benzene rings is 2. The van der Waals surface area contributed by atoms with Gasteiger partial charge in [0.2, 0.25) is 0 Å². The Bertz CT molecular complexity index is 971. The van der Waals surface area contributed by atoms with E-state index in [4.69, 9.17) is 14.6 Å². The van der Waals surface area contributed by atoms with Crippen LogP contribution < -0.4 is 4.74 Å². The number of rotatable bonds is 9. The number of carbonyl (C=O) groups is 2. The molecule has 0 spiro atoms. The second kappa shape index (κ2) is 10.1. The zero-order chi connectivity index (χ0) is 22.4. The molecule has 1 aliphatic rings. The maximum atomic E-state index is 12.9. The van der Waals surface area contributed by atoms with Crippen molar-refractivity contribution >= 4 is 17.4 Å². The van der Waals surface area contributed by atoms with E-state index in [2.05, 4.69) is 0 Å². The first kappa shape index (κ1) is 22.3. The number of hydrogen-bond donors (Lipinski definition) is 3. The molecule has 2 aromatic carbocycles. The summed E-state index contributed by atoms with van der Waals surface area (Å²) < 4.78 is 10.7. The first-order valence-corrected chi connectivity index (χ1v) is 9.97. The minimum atomic E-state index is -0.891. The summed E-state index contributed by atoms with van der Waals surface area (Å²) in [6.07, 6.45) is 0. The van der Waals surface area contributed by atoms with Crippen molar-refractivity contribution in [3.8, 4) is 11.5 Å². The molecule has 0 aliphatic carbocycles. The Morgan fingerprint density at radius 1 is 1.10 bits per heavy atom. The molecule has 1 atom stereocenters. The Morgan fingerprint density at radius 2 is 1.84 bits per heavy atom. The molecular weight excluding hydrogens is 402 g/mol.